The van der Waals surface area contributed by atoms with E-state index in [0.717, 1.165) is 24.4 Å². The number of nitrogens with one attached hydrogen (secondary N) is 1. The summed E-state index contributed by atoms with van der Waals surface area (Å²) in [5, 5.41) is 3.49. The molecule has 0 unspecified atom stereocenters. The molecule has 2 aliphatic rings. The molecule has 0 spiro atoms. The van der Waals surface area contributed by atoms with Gasteiger partial charge in [0, 0.05) is 24.5 Å². The van der Waals surface area contributed by atoms with Crippen molar-refractivity contribution in [2.45, 2.75) is 19.3 Å². The van der Waals surface area contributed by atoms with Crippen molar-refractivity contribution in [1.29, 1.82) is 0 Å². The van der Waals surface area contributed by atoms with Gasteiger partial charge in [-0.3, -0.25) is 4.98 Å². The summed E-state index contributed by atoms with van der Waals surface area (Å²) < 4.78 is 0. The fraction of sp³-hybridized carbons (Fsp3) is 0.438. The van der Waals surface area contributed by atoms with Crippen LogP contribution in [0.2, 0.25) is 0 Å². The molecule has 1 saturated heterocycles. The number of fused-ring (bicyclic) bond motifs is 1. The van der Waals surface area contributed by atoms with Crippen LogP contribution < -0.4 is 5.32 Å². The molecular weight excluding hydrogens is 220 g/mol. The van der Waals surface area contributed by atoms with Crippen LogP contribution in [-0.2, 0) is 0 Å². The summed E-state index contributed by atoms with van der Waals surface area (Å²) in [5.74, 6) is 4.23. The monoisotopic (exact) mass is 238 g/mol. The van der Waals surface area contributed by atoms with Crippen LogP contribution in [0.3, 0.4) is 0 Å². The second-order valence-corrected chi connectivity index (χ2v) is 5.25. The molecule has 92 valence electrons. The van der Waals surface area contributed by atoms with Crippen molar-refractivity contribution in [3.63, 3.8) is 0 Å². The summed E-state index contributed by atoms with van der Waals surface area (Å²) in [6, 6.07) is 2.08. The molecule has 1 N–H and O–H groups in total. The number of nitrogens with zero attached hydrogens (tertiary/aromatic N) is 1. The van der Waals surface area contributed by atoms with Gasteiger partial charge in [-0.2, -0.15) is 0 Å². The van der Waals surface area contributed by atoms with Crippen LogP contribution in [0.25, 0.3) is 5.57 Å². The molecule has 2 heteroatoms. The number of piperidine rings is 1. The Morgan fingerprint density at radius 1 is 1.33 bits per heavy atom. The average molecular weight is 238 g/mol. The number of rotatable bonds is 1. The van der Waals surface area contributed by atoms with Gasteiger partial charge in [0.05, 0.1) is 0 Å². The molecule has 0 radical (unpaired) electrons. The largest absolute Gasteiger partial charge is 0.316 e. The minimum absolute atomic E-state index is 0.692. The highest BCUT2D eigenvalue weighted by molar-refractivity contribution is 5.67. The highest BCUT2D eigenvalue weighted by Gasteiger charge is 2.27. The number of terminal acetylenes is 1. The topological polar surface area (TPSA) is 24.9 Å². The van der Waals surface area contributed by atoms with Gasteiger partial charge in [-0.15, -0.1) is 6.42 Å². The predicted octanol–water partition coefficient (Wildman–Crippen LogP) is 2.47. The quantitative estimate of drug-likeness (QED) is 0.760. The third-order valence-corrected chi connectivity index (χ3v) is 4.15. The van der Waals surface area contributed by atoms with Crippen LogP contribution in [-0.4, -0.2) is 18.1 Å². The van der Waals surface area contributed by atoms with Gasteiger partial charge in [-0.05, 0) is 54.8 Å². The molecule has 2 nitrogen and oxygen atoms in total. The fourth-order valence-corrected chi connectivity index (χ4v) is 3.11. The Morgan fingerprint density at radius 3 is 3.17 bits per heavy atom. The Kier molecular flexibility index (Phi) is 3.17. The van der Waals surface area contributed by atoms with E-state index in [9.17, 15) is 0 Å². The standard InChI is InChI=1S/C16H18N2/c1-2-12-7-15(11-18-9-12)14-4-3-13-5-6-17-10-16(13)8-14/h1,7-9,11,13,16-17H,3-6,10H2/t13-,16+/m1/s1. The Balaban J connectivity index is 1.88. The molecule has 18 heavy (non-hydrogen) atoms. The number of pyridine rings is 1. The van der Waals surface area contributed by atoms with Crippen molar-refractivity contribution in [2.24, 2.45) is 11.8 Å². The third-order valence-electron chi connectivity index (χ3n) is 4.15. The smallest absolute Gasteiger partial charge is 0.0432 e. The van der Waals surface area contributed by atoms with Gasteiger partial charge in [0.2, 0.25) is 0 Å². The first-order valence-corrected chi connectivity index (χ1v) is 6.70. The van der Waals surface area contributed by atoms with E-state index in [4.69, 9.17) is 6.42 Å². The van der Waals surface area contributed by atoms with Gasteiger partial charge in [0.15, 0.2) is 0 Å². The third kappa shape index (κ3) is 2.19. The molecule has 0 bridgehead atoms. The zero-order valence-electron chi connectivity index (χ0n) is 10.5. The lowest BCUT2D eigenvalue weighted by molar-refractivity contribution is 0.279. The maximum atomic E-state index is 5.43. The highest BCUT2D eigenvalue weighted by atomic mass is 14.9. The maximum absolute atomic E-state index is 5.43. The molecule has 2 atom stereocenters. The Morgan fingerprint density at radius 2 is 2.28 bits per heavy atom. The van der Waals surface area contributed by atoms with Crippen molar-refractivity contribution >= 4 is 5.57 Å². The zero-order valence-corrected chi connectivity index (χ0v) is 10.5. The van der Waals surface area contributed by atoms with Gasteiger partial charge in [0.1, 0.15) is 0 Å². The summed E-state index contributed by atoms with van der Waals surface area (Å²) in [6.07, 6.45) is 15.3. The molecule has 0 amide bonds. The van der Waals surface area contributed by atoms with Crippen LogP contribution in [0, 0.1) is 24.2 Å². The van der Waals surface area contributed by atoms with E-state index in [1.807, 2.05) is 6.20 Å². The molecule has 3 rings (SSSR count). The van der Waals surface area contributed by atoms with E-state index in [1.165, 1.54) is 30.5 Å². The van der Waals surface area contributed by atoms with Gasteiger partial charge in [-0.25, -0.2) is 0 Å². The lowest BCUT2D eigenvalue weighted by atomic mass is 9.76. The van der Waals surface area contributed by atoms with Crippen molar-refractivity contribution in [3.05, 3.63) is 35.7 Å². The molecule has 2 heterocycles. The first-order chi connectivity index (χ1) is 8.86. The average Bonchev–Trinajstić information content (AvgIpc) is 2.47. The first-order valence-electron chi connectivity index (χ1n) is 6.70. The van der Waals surface area contributed by atoms with E-state index < -0.39 is 0 Å². The summed E-state index contributed by atoms with van der Waals surface area (Å²) in [6.45, 7) is 2.30. The normalized spacial score (nSPS) is 26.9. The van der Waals surface area contributed by atoms with Crippen LogP contribution in [0.1, 0.15) is 30.4 Å². The minimum Gasteiger partial charge on any atom is -0.316 e. The molecule has 1 fully saturated rings. The van der Waals surface area contributed by atoms with Crippen molar-refractivity contribution in [2.75, 3.05) is 13.1 Å². The van der Waals surface area contributed by atoms with Crippen molar-refractivity contribution in [3.8, 4) is 12.3 Å². The molecule has 1 aromatic rings. The number of hydrogen-bond acceptors (Lipinski definition) is 2. The Hall–Kier alpha value is -1.59. The van der Waals surface area contributed by atoms with Crippen LogP contribution in [0.4, 0.5) is 0 Å². The molecule has 1 aliphatic heterocycles. The first kappa shape index (κ1) is 11.5. The molecule has 1 aliphatic carbocycles. The highest BCUT2D eigenvalue weighted by Crippen LogP contribution is 2.36. The van der Waals surface area contributed by atoms with E-state index in [2.05, 4.69) is 28.4 Å². The summed E-state index contributed by atoms with van der Waals surface area (Å²) in [4.78, 5) is 4.24. The maximum Gasteiger partial charge on any atom is 0.0432 e. The Bertz CT molecular complexity index is 510. The van der Waals surface area contributed by atoms with Crippen LogP contribution in [0.5, 0.6) is 0 Å². The second-order valence-electron chi connectivity index (χ2n) is 5.25. The second kappa shape index (κ2) is 4.96. The molecule has 0 saturated carbocycles. The van der Waals surface area contributed by atoms with Gasteiger partial charge >= 0.3 is 0 Å². The van der Waals surface area contributed by atoms with Gasteiger partial charge in [0.25, 0.3) is 0 Å². The van der Waals surface area contributed by atoms with E-state index in [1.54, 1.807) is 6.20 Å². The van der Waals surface area contributed by atoms with E-state index >= 15 is 0 Å². The zero-order chi connectivity index (χ0) is 12.4. The van der Waals surface area contributed by atoms with Gasteiger partial charge < -0.3 is 5.32 Å². The van der Waals surface area contributed by atoms with Gasteiger partial charge in [-0.1, -0.05) is 12.0 Å². The number of hydrogen-bond donors (Lipinski definition) is 1. The van der Waals surface area contributed by atoms with Crippen LogP contribution in [0.15, 0.2) is 24.5 Å². The van der Waals surface area contributed by atoms with Crippen molar-refractivity contribution < 1.29 is 0 Å². The predicted molar refractivity (Wildman–Crippen MR) is 73.8 cm³/mol. The minimum atomic E-state index is 0.692. The summed E-state index contributed by atoms with van der Waals surface area (Å²) in [7, 11) is 0. The molecular formula is C16H18N2. The lowest BCUT2D eigenvalue weighted by Crippen LogP contribution is -2.37. The van der Waals surface area contributed by atoms with Crippen molar-refractivity contribution in [1.82, 2.24) is 10.3 Å². The number of aromatic nitrogens is 1. The van der Waals surface area contributed by atoms with E-state index in [-0.39, 0.29) is 0 Å². The fourth-order valence-electron chi connectivity index (χ4n) is 3.11. The lowest BCUT2D eigenvalue weighted by Gasteiger charge is -2.34. The summed E-state index contributed by atoms with van der Waals surface area (Å²) in [5.41, 5.74) is 3.50. The van der Waals surface area contributed by atoms with E-state index in [0.29, 0.717) is 5.92 Å². The molecule has 1 aromatic heterocycles. The summed E-state index contributed by atoms with van der Waals surface area (Å²) >= 11 is 0. The Labute approximate surface area is 109 Å². The number of allylic oxidation sites excluding steroid dienone is 1. The SMILES string of the molecule is C#Cc1cncc(C2=C[C@H]3CNCC[C@H]3CC2)c1. The van der Waals surface area contributed by atoms with Crippen LogP contribution >= 0.6 is 0 Å². The molecule has 0 aromatic carbocycles.